The van der Waals surface area contributed by atoms with E-state index in [1.165, 1.54) is 69.2 Å². The smallest absolute Gasteiger partial charge is 0.137 e. The summed E-state index contributed by atoms with van der Waals surface area (Å²) in [5.41, 5.74) is 5.27. The number of para-hydroxylation sites is 1. The van der Waals surface area contributed by atoms with Gasteiger partial charge in [0.2, 0.25) is 0 Å². The molecule has 5 heteroatoms. The zero-order chi connectivity index (χ0) is 38.3. The molecule has 1 heterocycles. The molecule has 1 atom stereocenters. The van der Waals surface area contributed by atoms with Gasteiger partial charge in [0.25, 0.3) is 0 Å². The normalized spacial score (nSPS) is 16.0. The lowest BCUT2D eigenvalue weighted by atomic mass is 9.76. The quantitative estimate of drug-likeness (QED) is 0.174. The van der Waals surface area contributed by atoms with E-state index < -0.39 is 0 Å². The van der Waals surface area contributed by atoms with Gasteiger partial charge in [0.1, 0.15) is 5.78 Å². The highest BCUT2D eigenvalue weighted by Crippen LogP contribution is 2.39. The fourth-order valence-electron chi connectivity index (χ4n) is 7.17. The van der Waals surface area contributed by atoms with Crippen LogP contribution in [0.5, 0.6) is 0 Å². The summed E-state index contributed by atoms with van der Waals surface area (Å²) in [6, 6.07) is 16.1. The van der Waals surface area contributed by atoms with Crippen molar-refractivity contribution in [3.05, 3.63) is 113 Å². The minimum Gasteiger partial charge on any atom is -0.370 e. The van der Waals surface area contributed by atoms with Gasteiger partial charge in [0.15, 0.2) is 0 Å². The number of halogens is 2. The van der Waals surface area contributed by atoms with Crippen molar-refractivity contribution in [2.45, 2.75) is 144 Å². The van der Waals surface area contributed by atoms with Crippen LogP contribution in [0.2, 0.25) is 10.0 Å². The Morgan fingerprint density at radius 2 is 1.65 bits per heavy atom. The van der Waals surface area contributed by atoms with Crippen LogP contribution in [0.15, 0.2) is 97.3 Å². The summed E-state index contributed by atoms with van der Waals surface area (Å²) in [6.45, 7) is 26.5. The molecule has 1 saturated heterocycles. The van der Waals surface area contributed by atoms with E-state index in [2.05, 4.69) is 120 Å². The minimum absolute atomic E-state index is 0.102. The van der Waals surface area contributed by atoms with E-state index in [4.69, 9.17) is 23.2 Å². The Kier molecular flexibility index (Phi) is 22.9. The molecular weight excluding hydrogens is 667 g/mol. The number of carbonyl (C=O) groups is 1. The number of nitrogens with zero attached hydrogens (tertiary/aromatic N) is 1. The van der Waals surface area contributed by atoms with E-state index in [1.54, 1.807) is 12.1 Å². The number of hydrogen-bond donors (Lipinski definition) is 1. The maximum absolute atomic E-state index is 12.0. The molecule has 1 fully saturated rings. The summed E-state index contributed by atoms with van der Waals surface area (Å²) < 4.78 is 0. The number of Topliss-reactive ketones (excluding diaryl/α,β-unsaturated/α-hetero) is 1. The number of nitrogens with one attached hydrogen (secondary N) is 1. The van der Waals surface area contributed by atoms with E-state index >= 15 is 0 Å². The second-order valence-electron chi connectivity index (χ2n) is 13.9. The van der Waals surface area contributed by atoms with Crippen molar-refractivity contribution in [1.29, 1.82) is 0 Å². The summed E-state index contributed by atoms with van der Waals surface area (Å²) >= 11 is 12.0. The second kappa shape index (κ2) is 25.3. The van der Waals surface area contributed by atoms with Gasteiger partial charge in [-0.1, -0.05) is 166 Å². The highest BCUT2D eigenvalue weighted by Gasteiger charge is 2.42. The van der Waals surface area contributed by atoms with Crippen LogP contribution in [0, 0.1) is 11.3 Å². The van der Waals surface area contributed by atoms with Crippen LogP contribution < -0.4 is 10.2 Å². The molecule has 0 radical (unpaired) electrons. The molecular formula is C46H70Cl2N2O. The molecule has 1 unspecified atom stereocenters. The van der Waals surface area contributed by atoms with Crippen molar-refractivity contribution in [2.75, 3.05) is 11.6 Å². The van der Waals surface area contributed by atoms with Gasteiger partial charge in [0, 0.05) is 34.3 Å². The van der Waals surface area contributed by atoms with E-state index in [9.17, 15) is 4.79 Å². The Balaban J connectivity index is 0.000000389. The average Bonchev–Trinajstić information content (AvgIpc) is 3.45. The van der Waals surface area contributed by atoms with E-state index in [-0.39, 0.29) is 11.3 Å². The SMILES string of the molecule is C=C1NCN(c2ccccc2)C1(CCC)CCC.C=CCC(CC)(CC)CCC.CC.CC1C=CC(CC(=O)CCc2ccc(Cl)cc2Cl)=CC1. The Morgan fingerprint density at radius 3 is 2.16 bits per heavy atom. The van der Waals surface area contributed by atoms with Crippen LogP contribution in [-0.4, -0.2) is 18.0 Å². The maximum Gasteiger partial charge on any atom is 0.137 e. The fourth-order valence-corrected chi connectivity index (χ4v) is 7.67. The molecule has 2 aliphatic rings. The van der Waals surface area contributed by atoms with Crippen LogP contribution in [0.4, 0.5) is 5.69 Å². The molecule has 2 aromatic rings. The summed E-state index contributed by atoms with van der Waals surface area (Å²) in [5, 5.41) is 4.72. The van der Waals surface area contributed by atoms with Gasteiger partial charge in [0.05, 0.1) is 12.2 Å². The first kappa shape index (κ1) is 46.3. The van der Waals surface area contributed by atoms with E-state index in [1.807, 2.05) is 19.9 Å². The first-order chi connectivity index (χ1) is 24.5. The van der Waals surface area contributed by atoms with E-state index in [0.29, 0.717) is 40.6 Å². The third-order valence-corrected chi connectivity index (χ3v) is 10.8. The molecule has 1 aliphatic carbocycles. The number of hydrogen-bond acceptors (Lipinski definition) is 3. The number of allylic oxidation sites excluding steroid dienone is 5. The molecule has 0 bridgehead atoms. The van der Waals surface area contributed by atoms with Crippen molar-refractivity contribution in [2.24, 2.45) is 11.3 Å². The fraction of sp³-hybridized carbons (Fsp3) is 0.543. The molecule has 2 aromatic carbocycles. The van der Waals surface area contributed by atoms with E-state index in [0.717, 1.165) is 24.2 Å². The number of aryl methyl sites for hydroxylation is 1. The largest absolute Gasteiger partial charge is 0.370 e. The Hall–Kier alpha value is -2.75. The standard InChI is InChI=1S/C17H18Cl2O.C16H24N2.C11H22.C2H6/c1-12-2-4-13(5-3-12)10-16(20)9-7-14-6-8-15(18)11-17(14)19;1-4-11-16(12-5-2)14(3)17-13-18(16)15-9-7-6-8-10-15;1-5-9-11(7-3,8-4)10-6-2;1-2/h2,4-6,8,11-12H,3,7,9-10H2,1H3;6-10,17H,3-5,11-13H2,1-2H3;5H,1,6-10H2,2-4H3;1-2H3. The van der Waals surface area contributed by atoms with Crippen LogP contribution in [0.3, 0.4) is 0 Å². The Labute approximate surface area is 323 Å². The predicted octanol–water partition coefficient (Wildman–Crippen LogP) is 14.5. The molecule has 0 amide bonds. The van der Waals surface area contributed by atoms with Crippen molar-refractivity contribution < 1.29 is 4.79 Å². The summed E-state index contributed by atoms with van der Waals surface area (Å²) in [7, 11) is 0. The first-order valence-electron chi connectivity index (χ1n) is 19.7. The molecule has 0 aromatic heterocycles. The monoisotopic (exact) mass is 736 g/mol. The molecule has 0 spiro atoms. The molecule has 1 N–H and O–H groups in total. The second-order valence-corrected chi connectivity index (χ2v) is 14.7. The lowest BCUT2D eigenvalue weighted by Gasteiger charge is -2.39. The number of ketones is 1. The topological polar surface area (TPSA) is 32.3 Å². The molecule has 3 nitrogen and oxygen atoms in total. The zero-order valence-corrected chi connectivity index (χ0v) is 34.9. The number of anilines is 1. The van der Waals surface area contributed by atoms with Gasteiger partial charge < -0.3 is 10.2 Å². The van der Waals surface area contributed by atoms with Crippen LogP contribution in [0.25, 0.3) is 0 Å². The highest BCUT2D eigenvalue weighted by atomic mass is 35.5. The summed E-state index contributed by atoms with van der Waals surface area (Å²) in [4.78, 5) is 14.5. The predicted molar refractivity (Wildman–Crippen MR) is 228 cm³/mol. The van der Waals surface area contributed by atoms with Crippen molar-refractivity contribution in [3.8, 4) is 0 Å². The van der Waals surface area contributed by atoms with Gasteiger partial charge in [-0.2, -0.15) is 0 Å². The number of carbonyl (C=O) groups excluding carboxylic acids is 1. The lowest BCUT2D eigenvalue weighted by molar-refractivity contribution is -0.118. The maximum atomic E-state index is 12.0. The average molecular weight is 738 g/mol. The van der Waals surface area contributed by atoms with Gasteiger partial charge >= 0.3 is 0 Å². The van der Waals surface area contributed by atoms with Gasteiger partial charge in [-0.25, -0.2) is 0 Å². The third-order valence-electron chi connectivity index (χ3n) is 10.3. The molecule has 0 saturated carbocycles. The highest BCUT2D eigenvalue weighted by molar-refractivity contribution is 6.35. The lowest BCUT2D eigenvalue weighted by Crippen LogP contribution is -2.44. The first-order valence-corrected chi connectivity index (χ1v) is 20.5. The van der Waals surface area contributed by atoms with Crippen LogP contribution in [0.1, 0.15) is 138 Å². The summed E-state index contributed by atoms with van der Waals surface area (Å²) in [6.07, 6.45) is 22.3. The minimum atomic E-state index is 0.102. The molecule has 51 heavy (non-hydrogen) atoms. The van der Waals surface area contributed by atoms with Gasteiger partial charge in [-0.05, 0) is 85.3 Å². The number of benzene rings is 2. The van der Waals surface area contributed by atoms with Crippen molar-refractivity contribution >= 4 is 34.7 Å². The van der Waals surface area contributed by atoms with Gasteiger partial charge in [-0.3, -0.25) is 4.79 Å². The van der Waals surface area contributed by atoms with Crippen molar-refractivity contribution in [3.63, 3.8) is 0 Å². The van der Waals surface area contributed by atoms with Crippen LogP contribution in [-0.2, 0) is 11.2 Å². The Bertz CT molecular complexity index is 1350. The zero-order valence-electron chi connectivity index (χ0n) is 33.4. The molecule has 284 valence electrons. The van der Waals surface area contributed by atoms with Gasteiger partial charge in [-0.15, -0.1) is 6.58 Å². The molecule has 1 aliphatic heterocycles. The number of rotatable bonds is 16. The summed E-state index contributed by atoms with van der Waals surface area (Å²) in [5.74, 6) is 0.836. The van der Waals surface area contributed by atoms with Crippen molar-refractivity contribution in [1.82, 2.24) is 5.32 Å². The molecule has 4 rings (SSSR count). The third kappa shape index (κ3) is 15.0. The Morgan fingerprint density at radius 1 is 1.00 bits per heavy atom. The van der Waals surface area contributed by atoms with Crippen LogP contribution >= 0.6 is 23.2 Å².